The fraction of sp³-hybridized carbons (Fsp3) is 0.778. The normalized spacial score (nSPS) is 30.9. The minimum absolute atomic E-state index is 0.241. The number of esters is 1. The molecule has 2 aliphatic heterocycles. The molecule has 84 valence electrons. The predicted molar refractivity (Wildman–Crippen MR) is 49.9 cm³/mol. The van der Waals surface area contributed by atoms with Crippen molar-refractivity contribution < 1.29 is 19.4 Å². The van der Waals surface area contributed by atoms with E-state index in [-0.39, 0.29) is 6.17 Å². The van der Waals surface area contributed by atoms with Gasteiger partial charge in [-0.15, -0.1) is 0 Å². The molecule has 0 aromatic heterocycles. The molecule has 0 bridgehead atoms. The minimum atomic E-state index is -1.54. The molecule has 2 saturated heterocycles. The van der Waals surface area contributed by atoms with Crippen molar-refractivity contribution in [1.82, 2.24) is 10.2 Å². The predicted octanol–water partition coefficient (Wildman–Crippen LogP) is -0.644. The van der Waals surface area contributed by atoms with Crippen molar-refractivity contribution in [2.24, 2.45) is 0 Å². The molecule has 2 atom stereocenters. The molecule has 0 radical (unpaired) electrons. The maximum atomic E-state index is 10.8. The van der Waals surface area contributed by atoms with E-state index in [1.165, 1.54) is 0 Å². The Bertz CT molecular complexity index is 281. The second-order valence-corrected chi connectivity index (χ2v) is 3.85. The average Bonchev–Trinajstić information content (AvgIpc) is 2.64. The monoisotopic (exact) mass is 214 g/mol. The standard InChI is InChI=1S/C9H14N2O4/c12-8(13)9(14)15-7-3-5-11-4-1-2-6(11)10-7/h6-7,10H,1-5H2,(H,12,13). The van der Waals surface area contributed by atoms with Crippen LogP contribution in [0.4, 0.5) is 0 Å². The van der Waals surface area contributed by atoms with Crippen LogP contribution in [0, 0.1) is 0 Å². The van der Waals surface area contributed by atoms with Gasteiger partial charge in [0.15, 0.2) is 6.23 Å². The van der Waals surface area contributed by atoms with Gasteiger partial charge in [0.25, 0.3) is 0 Å². The molecule has 0 aromatic rings. The topological polar surface area (TPSA) is 78.9 Å². The van der Waals surface area contributed by atoms with Crippen LogP contribution in [0.5, 0.6) is 0 Å². The molecule has 0 aliphatic carbocycles. The number of rotatable bonds is 1. The maximum absolute atomic E-state index is 10.8. The number of carbonyl (C=O) groups excluding carboxylic acids is 1. The molecule has 2 heterocycles. The van der Waals surface area contributed by atoms with Gasteiger partial charge >= 0.3 is 11.9 Å². The first-order valence-corrected chi connectivity index (χ1v) is 5.11. The van der Waals surface area contributed by atoms with Crippen molar-refractivity contribution in [1.29, 1.82) is 0 Å². The van der Waals surface area contributed by atoms with Crippen LogP contribution in [0.3, 0.4) is 0 Å². The first-order valence-electron chi connectivity index (χ1n) is 5.11. The third kappa shape index (κ3) is 2.27. The molecule has 2 rings (SSSR count). The minimum Gasteiger partial charge on any atom is -0.473 e. The van der Waals surface area contributed by atoms with Gasteiger partial charge < -0.3 is 9.84 Å². The molecular weight excluding hydrogens is 200 g/mol. The number of ether oxygens (including phenoxy) is 1. The Morgan fingerprint density at radius 3 is 2.87 bits per heavy atom. The Balaban J connectivity index is 1.85. The van der Waals surface area contributed by atoms with Gasteiger partial charge in [-0.25, -0.2) is 9.59 Å². The van der Waals surface area contributed by atoms with E-state index in [2.05, 4.69) is 10.2 Å². The van der Waals surface area contributed by atoms with Gasteiger partial charge in [0.05, 0.1) is 6.17 Å². The van der Waals surface area contributed by atoms with Gasteiger partial charge in [-0.3, -0.25) is 10.2 Å². The third-order valence-electron chi connectivity index (χ3n) is 2.84. The number of carbonyl (C=O) groups is 2. The summed E-state index contributed by atoms with van der Waals surface area (Å²) in [4.78, 5) is 23.4. The summed E-state index contributed by atoms with van der Waals surface area (Å²) in [6.07, 6.45) is 2.60. The molecule has 2 N–H and O–H groups in total. The van der Waals surface area contributed by atoms with E-state index in [0.717, 1.165) is 25.9 Å². The maximum Gasteiger partial charge on any atom is 0.418 e. The van der Waals surface area contributed by atoms with Crippen LogP contribution < -0.4 is 5.32 Å². The third-order valence-corrected chi connectivity index (χ3v) is 2.84. The molecular formula is C9H14N2O4. The highest BCUT2D eigenvalue weighted by molar-refractivity contribution is 6.28. The highest BCUT2D eigenvalue weighted by Gasteiger charge is 2.33. The van der Waals surface area contributed by atoms with E-state index in [1.807, 2.05) is 0 Å². The SMILES string of the molecule is O=C(O)C(=O)OC1CCN2CCCC2N1. The first-order chi connectivity index (χ1) is 7.16. The Kier molecular flexibility index (Phi) is 2.88. The number of carboxylic acids is 1. The summed E-state index contributed by atoms with van der Waals surface area (Å²) < 4.78 is 4.78. The van der Waals surface area contributed by atoms with Crippen LogP contribution in [0.25, 0.3) is 0 Å². The first kappa shape index (κ1) is 10.4. The molecule has 2 unspecified atom stereocenters. The highest BCUT2D eigenvalue weighted by Crippen LogP contribution is 2.20. The molecule has 0 saturated carbocycles. The van der Waals surface area contributed by atoms with Crippen molar-refractivity contribution in [3.63, 3.8) is 0 Å². The number of carboxylic acid groups (broad SMARTS) is 1. The molecule has 6 heteroatoms. The van der Waals surface area contributed by atoms with Gasteiger partial charge in [-0.2, -0.15) is 0 Å². The van der Waals surface area contributed by atoms with Gasteiger partial charge in [0.1, 0.15) is 0 Å². The molecule has 0 spiro atoms. The van der Waals surface area contributed by atoms with Crippen LogP contribution in [-0.4, -0.2) is 47.4 Å². The largest absolute Gasteiger partial charge is 0.473 e. The van der Waals surface area contributed by atoms with Crippen molar-refractivity contribution in [2.45, 2.75) is 31.7 Å². The fourth-order valence-corrected chi connectivity index (χ4v) is 2.14. The van der Waals surface area contributed by atoms with Gasteiger partial charge in [0.2, 0.25) is 0 Å². The van der Waals surface area contributed by atoms with Crippen molar-refractivity contribution in [3.05, 3.63) is 0 Å². The van der Waals surface area contributed by atoms with Gasteiger partial charge in [-0.1, -0.05) is 0 Å². The number of nitrogens with one attached hydrogen (secondary N) is 1. The Morgan fingerprint density at radius 2 is 2.13 bits per heavy atom. The lowest BCUT2D eigenvalue weighted by Gasteiger charge is -2.35. The number of hydrogen-bond donors (Lipinski definition) is 2. The van der Waals surface area contributed by atoms with Gasteiger partial charge in [0, 0.05) is 13.0 Å². The zero-order valence-corrected chi connectivity index (χ0v) is 8.31. The Morgan fingerprint density at radius 1 is 1.33 bits per heavy atom. The van der Waals surface area contributed by atoms with Gasteiger partial charge in [-0.05, 0) is 19.4 Å². The number of aliphatic carboxylic acids is 1. The van der Waals surface area contributed by atoms with Crippen LogP contribution in [0.2, 0.25) is 0 Å². The Labute approximate surface area is 87.2 Å². The van der Waals surface area contributed by atoms with E-state index in [9.17, 15) is 9.59 Å². The smallest absolute Gasteiger partial charge is 0.418 e. The molecule has 15 heavy (non-hydrogen) atoms. The summed E-state index contributed by atoms with van der Waals surface area (Å²) >= 11 is 0. The quantitative estimate of drug-likeness (QED) is 0.446. The fourth-order valence-electron chi connectivity index (χ4n) is 2.14. The van der Waals surface area contributed by atoms with Crippen LogP contribution in [-0.2, 0) is 14.3 Å². The summed E-state index contributed by atoms with van der Waals surface area (Å²) in [5.74, 6) is -2.72. The average molecular weight is 214 g/mol. The van der Waals surface area contributed by atoms with Crippen LogP contribution >= 0.6 is 0 Å². The zero-order chi connectivity index (χ0) is 10.8. The molecule has 2 aliphatic rings. The van der Waals surface area contributed by atoms with E-state index < -0.39 is 18.2 Å². The van der Waals surface area contributed by atoms with E-state index in [0.29, 0.717) is 6.42 Å². The lowest BCUT2D eigenvalue weighted by molar-refractivity contribution is -0.170. The zero-order valence-electron chi connectivity index (χ0n) is 8.31. The summed E-state index contributed by atoms with van der Waals surface area (Å²) in [7, 11) is 0. The summed E-state index contributed by atoms with van der Waals surface area (Å²) in [5.41, 5.74) is 0. The second-order valence-electron chi connectivity index (χ2n) is 3.85. The van der Waals surface area contributed by atoms with Crippen molar-refractivity contribution in [2.75, 3.05) is 13.1 Å². The molecule has 6 nitrogen and oxygen atoms in total. The van der Waals surface area contributed by atoms with Crippen molar-refractivity contribution >= 4 is 11.9 Å². The van der Waals surface area contributed by atoms with Crippen molar-refractivity contribution in [3.8, 4) is 0 Å². The number of fused-ring (bicyclic) bond motifs is 1. The summed E-state index contributed by atoms with van der Waals surface area (Å²) in [6.45, 7) is 1.92. The molecule has 2 fully saturated rings. The lowest BCUT2D eigenvalue weighted by atomic mass is 10.2. The number of nitrogens with zero attached hydrogens (tertiary/aromatic N) is 1. The van der Waals surface area contributed by atoms with E-state index >= 15 is 0 Å². The summed E-state index contributed by atoms with van der Waals surface area (Å²) in [5, 5.41) is 11.5. The van der Waals surface area contributed by atoms with E-state index in [1.54, 1.807) is 0 Å². The van der Waals surface area contributed by atoms with Crippen LogP contribution in [0.1, 0.15) is 19.3 Å². The Hall–Kier alpha value is -1.14. The lowest BCUT2D eigenvalue weighted by Crippen LogP contribution is -2.54. The molecule has 0 amide bonds. The summed E-state index contributed by atoms with van der Waals surface area (Å²) in [6, 6.07) is 0. The second kappa shape index (κ2) is 4.16. The molecule has 0 aromatic carbocycles. The highest BCUT2D eigenvalue weighted by atomic mass is 16.6. The van der Waals surface area contributed by atoms with Crippen LogP contribution in [0.15, 0.2) is 0 Å². The van der Waals surface area contributed by atoms with E-state index in [4.69, 9.17) is 9.84 Å². The number of hydrogen-bond acceptors (Lipinski definition) is 5.